The van der Waals surface area contributed by atoms with Crippen LogP contribution < -0.4 is 15.5 Å². The molecule has 0 unspecified atom stereocenters. The molecule has 0 bridgehead atoms. The van der Waals surface area contributed by atoms with Gasteiger partial charge in [-0.2, -0.15) is 10.4 Å². The topological polar surface area (TPSA) is 86.5 Å². The highest BCUT2D eigenvalue weighted by atomic mass is 32.2. The average Bonchev–Trinajstić information content (AvgIpc) is 2.93. The van der Waals surface area contributed by atoms with E-state index in [2.05, 4.69) is 40.1 Å². The first kappa shape index (κ1) is 23.2. The lowest BCUT2D eigenvalue weighted by Crippen LogP contribution is -2.25. The second-order valence-corrected chi connectivity index (χ2v) is 9.25. The van der Waals surface area contributed by atoms with Gasteiger partial charge in [-0.25, -0.2) is 5.43 Å². The molecule has 0 saturated heterocycles. The summed E-state index contributed by atoms with van der Waals surface area (Å²) in [6.45, 7) is 1.71. The van der Waals surface area contributed by atoms with Crippen LogP contribution in [-0.2, 0) is 4.79 Å². The van der Waals surface area contributed by atoms with E-state index in [1.54, 1.807) is 23.9 Å². The number of nitriles is 1. The summed E-state index contributed by atoms with van der Waals surface area (Å²) in [6, 6.07) is 31.2. The van der Waals surface area contributed by atoms with E-state index in [1.807, 2.05) is 67.6 Å². The summed E-state index contributed by atoms with van der Waals surface area (Å²) in [5.74, 6) is 0.243. The van der Waals surface area contributed by atoms with Gasteiger partial charge in [-0.3, -0.25) is 4.79 Å². The number of hydrogen-bond acceptors (Lipinski definition) is 6. The molecule has 1 amide bonds. The van der Waals surface area contributed by atoms with Gasteiger partial charge >= 0.3 is 0 Å². The van der Waals surface area contributed by atoms with Gasteiger partial charge < -0.3 is 10.1 Å². The molecule has 4 aromatic carbocycles. The third-order valence-electron chi connectivity index (χ3n) is 5.69. The molecule has 0 aromatic heterocycles. The van der Waals surface area contributed by atoms with E-state index in [9.17, 15) is 4.79 Å². The molecular formula is C29H22N4O2S. The fourth-order valence-electron chi connectivity index (χ4n) is 3.74. The molecule has 0 spiro atoms. The molecule has 1 aliphatic heterocycles. The van der Waals surface area contributed by atoms with Gasteiger partial charge in [0, 0.05) is 9.79 Å². The predicted molar refractivity (Wildman–Crippen MR) is 143 cm³/mol. The Hall–Kier alpha value is -4.54. The van der Waals surface area contributed by atoms with E-state index in [0.717, 1.165) is 33.0 Å². The molecule has 0 saturated carbocycles. The van der Waals surface area contributed by atoms with Crippen LogP contribution >= 0.6 is 11.8 Å². The number of rotatable bonds is 6. The van der Waals surface area contributed by atoms with Crippen LogP contribution in [0.15, 0.2) is 106 Å². The lowest BCUT2D eigenvalue weighted by Gasteiger charge is -2.21. The highest BCUT2D eigenvalue weighted by Crippen LogP contribution is 2.44. The van der Waals surface area contributed by atoms with Crippen LogP contribution in [0.3, 0.4) is 0 Å². The molecule has 36 heavy (non-hydrogen) atoms. The van der Waals surface area contributed by atoms with Crippen LogP contribution in [0, 0.1) is 11.3 Å². The van der Waals surface area contributed by atoms with Crippen LogP contribution in [0.2, 0.25) is 0 Å². The third kappa shape index (κ3) is 5.24. The van der Waals surface area contributed by atoms with Gasteiger partial charge in [0.25, 0.3) is 5.91 Å². The molecule has 0 fully saturated rings. The lowest BCUT2D eigenvalue weighted by atomic mass is 10.0. The highest BCUT2D eigenvalue weighted by molar-refractivity contribution is 7.99. The van der Waals surface area contributed by atoms with Crippen molar-refractivity contribution in [3.8, 4) is 22.9 Å². The van der Waals surface area contributed by atoms with Gasteiger partial charge in [-0.15, -0.1) is 0 Å². The zero-order chi connectivity index (χ0) is 24.9. The number of carbonyl (C=O) groups excluding carboxylic acids is 1. The van der Waals surface area contributed by atoms with Gasteiger partial charge in [0.05, 0.1) is 28.7 Å². The molecule has 6 nitrogen and oxygen atoms in total. The van der Waals surface area contributed by atoms with Crippen LogP contribution in [0.5, 0.6) is 5.75 Å². The van der Waals surface area contributed by atoms with Gasteiger partial charge in [0.1, 0.15) is 5.75 Å². The smallest absolute Gasteiger partial charge is 0.277 e. The molecule has 2 N–H and O–H groups in total. The van der Waals surface area contributed by atoms with Gasteiger partial charge in [0.2, 0.25) is 0 Å². The van der Waals surface area contributed by atoms with Crippen molar-refractivity contribution in [2.75, 3.05) is 11.9 Å². The van der Waals surface area contributed by atoms with Crippen molar-refractivity contribution in [1.82, 2.24) is 5.43 Å². The van der Waals surface area contributed by atoms with E-state index in [-0.39, 0.29) is 12.5 Å². The van der Waals surface area contributed by atoms with Crippen molar-refractivity contribution in [3.63, 3.8) is 0 Å². The molecule has 0 radical (unpaired) electrons. The van der Waals surface area contributed by atoms with Gasteiger partial charge in [-0.1, -0.05) is 54.2 Å². The minimum absolute atomic E-state index is 0.147. The van der Waals surface area contributed by atoms with E-state index < -0.39 is 0 Å². The number of fused-ring (bicyclic) bond motifs is 2. The Morgan fingerprint density at radius 3 is 2.39 bits per heavy atom. The number of anilines is 2. The van der Waals surface area contributed by atoms with E-state index in [4.69, 9.17) is 10.00 Å². The van der Waals surface area contributed by atoms with Crippen LogP contribution in [0.4, 0.5) is 11.4 Å². The monoisotopic (exact) mass is 490 g/mol. The van der Waals surface area contributed by atoms with Crippen LogP contribution in [0.25, 0.3) is 11.1 Å². The summed E-state index contributed by atoms with van der Waals surface area (Å²) in [7, 11) is 0. The maximum Gasteiger partial charge on any atom is 0.277 e. The zero-order valence-electron chi connectivity index (χ0n) is 19.5. The number of nitrogens with one attached hydrogen (secondary N) is 2. The van der Waals surface area contributed by atoms with E-state index >= 15 is 0 Å². The molecule has 0 atom stereocenters. The maximum absolute atomic E-state index is 12.3. The third-order valence-corrected chi connectivity index (χ3v) is 6.85. The molecule has 7 heteroatoms. The Morgan fingerprint density at radius 1 is 0.944 bits per heavy atom. The number of hydrogen-bond donors (Lipinski definition) is 2. The summed E-state index contributed by atoms with van der Waals surface area (Å²) in [4.78, 5) is 14.6. The Labute approximate surface area is 213 Å². The fraction of sp³-hybridized carbons (Fsp3) is 0.0690. The largest absolute Gasteiger partial charge is 0.484 e. The molecule has 5 rings (SSSR count). The molecule has 1 heterocycles. The molecule has 1 aliphatic rings. The predicted octanol–water partition coefficient (Wildman–Crippen LogP) is 6.35. The van der Waals surface area contributed by atoms with Gasteiger partial charge in [-0.05, 0) is 72.1 Å². The number of para-hydroxylation sites is 1. The fourth-order valence-corrected chi connectivity index (χ4v) is 4.71. The Morgan fingerprint density at radius 2 is 1.64 bits per heavy atom. The Kier molecular flexibility index (Phi) is 6.69. The average molecular weight is 491 g/mol. The first-order valence-corrected chi connectivity index (χ1v) is 12.2. The standard InChI is InChI=1S/C29H22N4O2S/c1-19(23-12-15-28-26(16-23)31-25-4-2-3-5-27(25)36-28)32-33-29(34)18-35-24-13-10-22(11-14-24)21-8-6-20(17-30)7-9-21/h2-16,31H,18H2,1H3,(H,33,34). The van der Waals surface area contributed by atoms with Crippen LogP contribution in [0.1, 0.15) is 18.1 Å². The van der Waals surface area contributed by atoms with Gasteiger partial charge in [0.15, 0.2) is 6.61 Å². The first-order chi connectivity index (χ1) is 17.6. The number of ether oxygens (including phenoxy) is 1. The highest BCUT2D eigenvalue weighted by Gasteiger charge is 2.16. The van der Waals surface area contributed by atoms with Crippen molar-refractivity contribution >= 4 is 34.8 Å². The molecule has 4 aromatic rings. The van der Waals surface area contributed by atoms with E-state index in [0.29, 0.717) is 17.0 Å². The van der Waals surface area contributed by atoms with Crippen molar-refractivity contribution in [2.24, 2.45) is 5.10 Å². The van der Waals surface area contributed by atoms with E-state index in [1.165, 1.54) is 4.90 Å². The maximum atomic E-state index is 12.3. The Bertz CT molecular complexity index is 1490. The Balaban J connectivity index is 1.16. The summed E-state index contributed by atoms with van der Waals surface area (Å²) < 4.78 is 5.60. The van der Waals surface area contributed by atoms with Crippen molar-refractivity contribution in [3.05, 3.63) is 102 Å². The van der Waals surface area contributed by atoms with Crippen molar-refractivity contribution in [1.29, 1.82) is 5.26 Å². The van der Waals surface area contributed by atoms with Crippen LogP contribution in [-0.4, -0.2) is 18.2 Å². The molecular weight excluding hydrogens is 468 g/mol. The number of carbonyl (C=O) groups is 1. The lowest BCUT2D eigenvalue weighted by molar-refractivity contribution is -0.123. The van der Waals surface area contributed by atoms with Crippen molar-refractivity contribution < 1.29 is 9.53 Å². The quantitative estimate of drug-likeness (QED) is 0.214. The first-order valence-electron chi connectivity index (χ1n) is 11.3. The van der Waals surface area contributed by atoms with Crippen molar-refractivity contribution in [2.45, 2.75) is 16.7 Å². The molecule has 0 aliphatic carbocycles. The SMILES string of the molecule is CC(=NNC(=O)COc1ccc(-c2ccc(C#N)cc2)cc1)c1ccc2c(c1)Nc1ccccc1S2. The summed E-state index contributed by atoms with van der Waals surface area (Å²) in [6.07, 6.45) is 0. The number of benzene rings is 4. The molecule has 176 valence electrons. The second-order valence-electron chi connectivity index (χ2n) is 8.17. The normalized spacial score (nSPS) is 11.9. The summed E-state index contributed by atoms with van der Waals surface area (Å²) in [5.41, 5.74) is 8.90. The minimum atomic E-state index is -0.342. The minimum Gasteiger partial charge on any atom is -0.484 e. The summed E-state index contributed by atoms with van der Waals surface area (Å²) >= 11 is 1.73. The number of hydrazone groups is 1. The summed E-state index contributed by atoms with van der Waals surface area (Å²) in [5, 5.41) is 16.6. The second kappa shape index (κ2) is 10.4. The number of amides is 1. The number of nitrogens with zero attached hydrogens (tertiary/aromatic N) is 2. The zero-order valence-corrected chi connectivity index (χ0v) is 20.3.